The number of nitrogens with one attached hydrogen (secondary N) is 1. The molecule has 0 aromatic heterocycles. The van der Waals surface area contributed by atoms with E-state index >= 15 is 0 Å². The lowest BCUT2D eigenvalue weighted by Gasteiger charge is -2.26. The second-order valence-electron chi connectivity index (χ2n) is 6.01. The average Bonchev–Trinajstić information content (AvgIpc) is 2.69. The van der Waals surface area contributed by atoms with Crippen molar-refractivity contribution in [2.45, 2.75) is 4.90 Å². The van der Waals surface area contributed by atoms with E-state index in [2.05, 4.69) is 21.2 Å². The Balaban J connectivity index is 1.77. The van der Waals surface area contributed by atoms with Gasteiger partial charge in [-0.3, -0.25) is 4.79 Å². The summed E-state index contributed by atoms with van der Waals surface area (Å²) in [4.78, 5) is 11.7. The highest BCUT2D eigenvalue weighted by molar-refractivity contribution is 9.10. The summed E-state index contributed by atoms with van der Waals surface area (Å²) in [5, 5.41) is 2.56. The first-order chi connectivity index (χ1) is 13.4. The Labute approximate surface area is 171 Å². The fourth-order valence-corrected chi connectivity index (χ4v) is 4.58. The van der Waals surface area contributed by atoms with Gasteiger partial charge in [0.25, 0.3) is 0 Å². The molecule has 0 aliphatic carbocycles. The Kier molecular flexibility index (Phi) is 6.61. The van der Waals surface area contributed by atoms with Crippen molar-refractivity contribution >= 4 is 43.6 Å². The molecule has 0 atom stereocenters. The molecule has 28 heavy (non-hydrogen) atoms. The van der Waals surface area contributed by atoms with Gasteiger partial charge in [-0.05, 0) is 35.9 Å². The molecule has 3 rings (SSSR count). The van der Waals surface area contributed by atoms with E-state index in [0.717, 1.165) is 22.2 Å². The number of hydrogen-bond donors (Lipinski definition) is 1. The van der Waals surface area contributed by atoms with Crippen molar-refractivity contribution in [3.05, 3.63) is 64.4 Å². The van der Waals surface area contributed by atoms with Gasteiger partial charge in [-0.2, -0.15) is 4.31 Å². The molecular weight excluding hydrogens is 451 g/mol. The molecule has 6 nitrogen and oxygen atoms in total. The van der Waals surface area contributed by atoms with Crippen LogP contribution in [0.4, 0.5) is 10.1 Å². The first-order valence-electron chi connectivity index (χ1n) is 8.49. The molecule has 148 valence electrons. The van der Waals surface area contributed by atoms with Gasteiger partial charge in [0.15, 0.2) is 0 Å². The summed E-state index contributed by atoms with van der Waals surface area (Å²) in [6.07, 6.45) is 2.94. The van der Waals surface area contributed by atoms with Crippen molar-refractivity contribution < 1.29 is 22.3 Å². The largest absolute Gasteiger partial charge is 0.379 e. The number of benzene rings is 2. The lowest BCUT2D eigenvalue weighted by molar-refractivity contribution is -0.111. The number of amides is 1. The number of sulfonamides is 1. The molecule has 1 heterocycles. The summed E-state index contributed by atoms with van der Waals surface area (Å²) < 4.78 is 46.7. The fraction of sp³-hybridized carbons (Fsp3) is 0.211. The van der Waals surface area contributed by atoms with Gasteiger partial charge in [0.05, 0.1) is 13.2 Å². The Bertz CT molecular complexity index is 1000. The molecule has 1 amide bonds. The zero-order chi connectivity index (χ0) is 20.1. The molecule has 0 bridgehead atoms. The summed E-state index contributed by atoms with van der Waals surface area (Å²) in [7, 11) is -4.01. The number of hydrogen-bond acceptors (Lipinski definition) is 4. The minimum absolute atomic E-state index is 0.160. The van der Waals surface area contributed by atoms with E-state index in [4.69, 9.17) is 4.74 Å². The van der Waals surface area contributed by atoms with E-state index in [-0.39, 0.29) is 32.0 Å². The minimum atomic E-state index is -4.01. The van der Waals surface area contributed by atoms with E-state index < -0.39 is 26.6 Å². The smallest absolute Gasteiger partial charge is 0.248 e. The highest BCUT2D eigenvalue weighted by atomic mass is 79.9. The van der Waals surface area contributed by atoms with Crippen LogP contribution in [0.3, 0.4) is 0 Å². The van der Waals surface area contributed by atoms with Crippen molar-refractivity contribution in [3.8, 4) is 0 Å². The van der Waals surface area contributed by atoms with Gasteiger partial charge in [-0.1, -0.05) is 34.1 Å². The zero-order valence-electron chi connectivity index (χ0n) is 14.8. The normalized spacial score (nSPS) is 15.6. The van der Waals surface area contributed by atoms with Crippen LogP contribution >= 0.6 is 15.9 Å². The van der Waals surface area contributed by atoms with E-state index in [0.29, 0.717) is 0 Å². The maximum absolute atomic E-state index is 14.2. The molecule has 1 N–H and O–H groups in total. The van der Waals surface area contributed by atoms with E-state index in [1.54, 1.807) is 6.08 Å². The van der Waals surface area contributed by atoms with Crippen molar-refractivity contribution in [1.29, 1.82) is 0 Å². The number of nitrogens with zero attached hydrogens (tertiary/aromatic N) is 1. The third-order valence-electron chi connectivity index (χ3n) is 4.11. The first kappa shape index (κ1) is 20.7. The molecule has 1 saturated heterocycles. The number of halogens is 2. The van der Waals surface area contributed by atoms with Gasteiger partial charge < -0.3 is 10.1 Å². The predicted octanol–water partition coefficient (Wildman–Crippen LogP) is 3.26. The van der Waals surface area contributed by atoms with Gasteiger partial charge in [0.1, 0.15) is 10.7 Å². The molecular formula is C19H18BrFN2O4S. The van der Waals surface area contributed by atoms with Crippen molar-refractivity contribution in [3.63, 3.8) is 0 Å². The van der Waals surface area contributed by atoms with Crippen LogP contribution in [0, 0.1) is 5.82 Å². The van der Waals surface area contributed by atoms with Crippen LogP contribution in [-0.2, 0) is 19.6 Å². The third-order valence-corrected chi connectivity index (χ3v) is 6.74. The van der Waals surface area contributed by atoms with Crippen LogP contribution in [0.15, 0.2) is 57.9 Å². The quantitative estimate of drug-likeness (QED) is 0.683. The second kappa shape index (κ2) is 8.95. The Hall–Kier alpha value is -2.07. The lowest BCUT2D eigenvalue weighted by atomic mass is 10.2. The average molecular weight is 469 g/mol. The maximum atomic E-state index is 14.2. The summed E-state index contributed by atoms with van der Waals surface area (Å²) in [6.45, 7) is 0.842. The molecule has 9 heteroatoms. The summed E-state index contributed by atoms with van der Waals surface area (Å²) in [6, 6.07) is 10.9. The van der Waals surface area contributed by atoms with Crippen LogP contribution < -0.4 is 5.32 Å². The van der Waals surface area contributed by atoms with Crippen LogP contribution in [0.5, 0.6) is 0 Å². The van der Waals surface area contributed by atoms with Crippen molar-refractivity contribution in [1.82, 2.24) is 4.31 Å². The summed E-state index contributed by atoms with van der Waals surface area (Å²) in [5.41, 5.74) is 1.00. The standard InChI is InChI=1S/C19H18BrFN2O4S/c20-16-4-2-1-3-14(16)5-8-19(24)22-15-6-7-17(21)18(13-15)28(25,26)23-9-11-27-12-10-23/h1-8,13H,9-12H2,(H,22,24)/b8-5+. The Morgan fingerprint density at radius 1 is 1.18 bits per heavy atom. The highest BCUT2D eigenvalue weighted by Crippen LogP contribution is 2.24. The maximum Gasteiger partial charge on any atom is 0.248 e. The number of carbonyl (C=O) groups excluding carboxylic acids is 1. The third kappa shape index (κ3) is 4.85. The summed E-state index contributed by atoms with van der Waals surface area (Å²) in [5.74, 6) is -1.33. The van der Waals surface area contributed by atoms with E-state index in [9.17, 15) is 17.6 Å². The SMILES string of the molecule is O=C(/C=C/c1ccccc1Br)Nc1ccc(F)c(S(=O)(=O)N2CCOCC2)c1. The van der Waals surface area contributed by atoms with Crippen LogP contribution in [0.2, 0.25) is 0 Å². The van der Waals surface area contributed by atoms with Crippen molar-refractivity contribution in [2.75, 3.05) is 31.6 Å². The predicted molar refractivity (Wildman–Crippen MR) is 108 cm³/mol. The second-order valence-corrected chi connectivity index (χ2v) is 8.77. The first-order valence-corrected chi connectivity index (χ1v) is 10.7. The van der Waals surface area contributed by atoms with Gasteiger partial charge >= 0.3 is 0 Å². The topological polar surface area (TPSA) is 75.7 Å². The van der Waals surface area contributed by atoms with Gasteiger partial charge in [0.2, 0.25) is 15.9 Å². The van der Waals surface area contributed by atoms with Gasteiger partial charge in [0, 0.05) is 29.3 Å². The lowest BCUT2D eigenvalue weighted by Crippen LogP contribution is -2.40. The molecule has 0 radical (unpaired) electrons. The number of rotatable bonds is 5. The molecule has 1 aliphatic heterocycles. The van der Waals surface area contributed by atoms with Crippen LogP contribution in [-0.4, -0.2) is 44.9 Å². The monoisotopic (exact) mass is 468 g/mol. The minimum Gasteiger partial charge on any atom is -0.379 e. The molecule has 0 unspecified atom stereocenters. The molecule has 2 aromatic rings. The highest BCUT2D eigenvalue weighted by Gasteiger charge is 2.29. The number of morpholine rings is 1. The van der Waals surface area contributed by atoms with Crippen LogP contribution in [0.1, 0.15) is 5.56 Å². The Morgan fingerprint density at radius 3 is 2.61 bits per heavy atom. The fourth-order valence-electron chi connectivity index (χ4n) is 2.66. The van der Waals surface area contributed by atoms with E-state index in [1.807, 2.05) is 24.3 Å². The van der Waals surface area contributed by atoms with Crippen LogP contribution in [0.25, 0.3) is 6.08 Å². The van der Waals surface area contributed by atoms with Crippen molar-refractivity contribution in [2.24, 2.45) is 0 Å². The molecule has 0 spiro atoms. The number of carbonyl (C=O) groups is 1. The Morgan fingerprint density at radius 2 is 1.89 bits per heavy atom. The van der Waals surface area contributed by atoms with Gasteiger partial charge in [-0.15, -0.1) is 0 Å². The number of anilines is 1. The zero-order valence-corrected chi connectivity index (χ0v) is 17.2. The molecule has 0 saturated carbocycles. The number of ether oxygens (including phenoxy) is 1. The van der Waals surface area contributed by atoms with Gasteiger partial charge in [-0.25, -0.2) is 12.8 Å². The van der Waals surface area contributed by atoms with E-state index in [1.165, 1.54) is 16.4 Å². The summed E-state index contributed by atoms with van der Waals surface area (Å²) >= 11 is 3.39. The molecule has 1 fully saturated rings. The molecule has 1 aliphatic rings. The molecule has 2 aromatic carbocycles.